The minimum atomic E-state index is -0.346. The Kier molecular flexibility index (Phi) is 6.97. The Bertz CT molecular complexity index is 1070. The summed E-state index contributed by atoms with van der Waals surface area (Å²) >= 11 is 1.65. The predicted octanol–water partition coefficient (Wildman–Crippen LogP) is 7.21. The van der Waals surface area contributed by atoms with E-state index in [1.807, 2.05) is 12.1 Å². The Morgan fingerprint density at radius 2 is 1.65 bits per heavy atom. The van der Waals surface area contributed by atoms with Crippen LogP contribution in [0.25, 0.3) is 11.3 Å². The van der Waals surface area contributed by atoms with Gasteiger partial charge in [0.1, 0.15) is 0 Å². The van der Waals surface area contributed by atoms with Gasteiger partial charge in [0.05, 0.1) is 16.3 Å². The fourth-order valence-electron chi connectivity index (χ4n) is 4.33. The van der Waals surface area contributed by atoms with E-state index >= 15 is 0 Å². The van der Waals surface area contributed by atoms with E-state index in [-0.39, 0.29) is 10.6 Å². The Hall–Kier alpha value is -2.73. The molecule has 0 spiro atoms. The van der Waals surface area contributed by atoms with Crippen LogP contribution in [0.5, 0.6) is 0 Å². The first-order valence-corrected chi connectivity index (χ1v) is 12.1. The zero-order chi connectivity index (χ0) is 21.6. The molecule has 0 atom stereocenters. The van der Waals surface area contributed by atoms with Crippen molar-refractivity contribution in [2.24, 2.45) is 4.99 Å². The quantitative estimate of drug-likeness (QED) is 0.314. The lowest BCUT2D eigenvalue weighted by Gasteiger charge is -2.23. The SMILES string of the molecule is CCc1ccc(N=c2scc(-c3ccc([N+](=O)[O-])cc3)n2C2CCCCCCC2)cc1. The van der Waals surface area contributed by atoms with Crippen LogP contribution in [0.15, 0.2) is 58.9 Å². The summed E-state index contributed by atoms with van der Waals surface area (Å²) in [5.41, 5.74) is 4.51. The number of aryl methyl sites for hydroxylation is 1. The third kappa shape index (κ3) is 5.13. The van der Waals surface area contributed by atoms with Crippen LogP contribution in [0, 0.1) is 10.1 Å². The van der Waals surface area contributed by atoms with E-state index in [0.29, 0.717) is 6.04 Å². The maximum Gasteiger partial charge on any atom is 0.269 e. The van der Waals surface area contributed by atoms with Crippen LogP contribution in [0.2, 0.25) is 0 Å². The van der Waals surface area contributed by atoms with Crippen molar-refractivity contribution >= 4 is 22.7 Å². The summed E-state index contributed by atoms with van der Waals surface area (Å²) in [4.78, 5) is 16.7. The monoisotopic (exact) mass is 435 g/mol. The molecular formula is C25H29N3O2S. The molecule has 31 heavy (non-hydrogen) atoms. The number of nitro benzene ring substituents is 1. The molecule has 2 aromatic carbocycles. The summed E-state index contributed by atoms with van der Waals surface area (Å²) in [5, 5.41) is 13.2. The van der Waals surface area contributed by atoms with Crippen LogP contribution in [0.1, 0.15) is 63.5 Å². The Morgan fingerprint density at radius 1 is 1.00 bits per heavy atom. The number of hydrogen-bond acceptors (Lipinski definition) is 4. The molecule has 4 rings (SSSR count). The average molecular weight is 436 g/mol. The second kappa shape index (κ2) is 10.1. The van der Waals surface area contributed by atoms with Gasteiger partial charge in [0.2, 0.25) is 0 Å². The number of hydrogen-bond donors (Lipinski definition) is 0. The molecule has 0 saturated heterocycles. The molecule has 1 aromatic heterocycles. The number of non-ortho nitro benzene ring substituents is 1. The van der Waals surface area contributed by atoms with Crippen molar-refractivity contribution in [2.75, 3.05) is 0 Å². The maximum absolute atomic E-state index is 11.1. The van der Waals surface area contributed by atoms with Gasteiger partial charge in [-0.25, -0.2) is 4.99 Å². The van der Waals surface area contributed by atoms with Crippen molar-refractivity contribution in [1.82, 2.24) is 4.57 Å². The Balaban J connectivity index is 1.78. The number of nitro groups is 1. The first-order chi connectivity index (χ1) is 15.2. The summed E-state index contributed by atoms with van der Waals surface area (Å²) in [6.07, 6.45) is 9.70. The lowest BCUT2D eigenvalue weighted by Crippen LogP contribution is -2.22. The summed E-state index contributed by atoms with van der Waals surface area (Å²) in [5.74, 6) is 0. The fraction of sp³-hybridized carbons (Fsp3) is 0.400. The number of nitrogens with zero attached hydrogens (tertiary/aromatic N) is 3. The molecular weight excluding hydrogens is 406 g/mol. The van der Waals surface area contributed by atoms with Gasteiger partial charge >= 0.3 is 0 Å². The van der Waals surface area contributed by atoms with Gasteiger partial charge in [-0.2, -0.15) is 0 Å². The van der Waals surface area contributed by atoms with Crippen molar-refractivity contribution in [2.45, 2.75) is 64.3 Å². The number of aromatic nitrogens is 1. The van der Waals surface area contributed by atoms with Crippen molar-refractivity contribution in [3.8, 4) is 11.3 Å². The molecule has 1 fully saturated rings. The molecule has 0 amide bonds. The Labute approximate surface area is 187 Å². The van der Waals surface area contributed by atoms with E-state index in [4.69, 9.17) is 4.99 Å². The zero-order valence-corrected chi connectivity index (χ0v) is 18.8. The van der Waals surface area contributed by atoms with Gasteiger partial charge < -0.3 is 4.57 Å². The van der Waals surface area contributed by atoms with Crippen LogP contribution in [0.3, 0.4) is 0 Å². The third-order valence-electron chi connectivity index (χ3n) is 6.12. The molecule has 5 nitrogen and oxygen atoms in total. The average Bonchev–Trinajstić information content (AvgIpc) is 3.17. The van der Waals surface area contributed by atoms with Crippen LogP contribution < -0.4 is 4.80 Å². The van der Waals surface area contributed by atoms with Gasteiger partial charge in [0.15, 0.2) is 4.80 Å². The fourth-order valence-corrected chi connectivity index (χ4v) is 5.31. The number of benzene rings is 2. The number of rotatable bonds is 5. The van der Waals surface area contributed by atoms with Crippen LogP contribution >= 0.6 is 11.3 Å². The van der Waals surface area contributed by atoms with E-state index in [0.717, 1.165) is 41.0 Å². The highest BCUT2D eigenvalue weighted by atomic mass is 32.1. The molecule has 0 radical (unpaired) electrons. The number of thiazole rings is 1. The molecule has 0 N–H and O–H groups in total. The maximum atomic E-state index is 11.1. The second-order valence-electron chi connectivity index (χ2n) is 8.21. The smallest absolute Gasteiger partial charge is 0.269 e. The van der Waals surface area contributed by atoms with Crippen molar-refractivity contribution in [3.63, 3.8) is 0 Å². The van der Waals surface area contributed by atoms with Crippen LogP contribution in [0.4, 0.5) is 11.4 Å². The second-order valence-corrected chi connectivity index (χ2v) is 9.04. The lowest BCUT2D eigenvalue weighted by atomic mass is 9.96. The minimum Gasteiger partial charge on any atom is -0.313 e. The molecule has 0 aliphatic heterocycles. The molecule has 1 aliphatic rings. The molecule has 0 bridgehead atoms. The predicted molar refractivity (Wildman–Crippen MR) is 127 cm³/mol. The normalized spacial score (nSPS) is 16.1. The van der Waals surface area contributed by atoms with Crippen molar-refractivity contribution in [3.05, 3.63) is 74.4 Å². The standard InChI is InChI=1S/C25H29N3O2S/c1-2-19-10-14-21(15-11-19)26-25-27(22-8-6-4-3-5-7-9-22)24(18-31-25)20-12-16-23(17-13-20)28(29)30/h10-18,22H,2-9H2,1H3. The largest absolute Gasteiger partial charge is 0.313 e. The van der Waals surface area contributed by atoms with Crippen LogP contribution in [-0.4, -0.2) is 9.49 Å². The first-order valence-electron chi connectivity index (χ1n) is 11.2. The third-order valence-corrected chi connectivity index (χ3v) is 6.96. The molecule has 1 saturated carbocycles. The highest BCUT2D eigenvalue weighted by Crippen LogP contribution is 2.32. The summed E-state index contributed by atoms with van der Waals surface area (Å²) in [7, 11) is 0. The van der Waals surface area contributed by atoms with E-state index in [1.165, 1.54) is 37.7 Å². The van der Waals surface area contributed by atoms with Gasteiger partial charge in [-0.05, 0) is 54.7 Å². The van der Waals surface area contributed by atoms with E-state index in [9.17, 15) is 10.1 Å². The van der Waals surface area contributed by atoms with E-state index in [1.54, 1.807) is 23.5 Å². The highest BCUT2D eigenvalue weighted by molar-refractivity contribution is 7.07. The topological polar surface area (TPSA) is 60.4 Å². The first kappa shape index (κ1) is 21.5. The molecule has 1 aliphatic carbocycles. The van der Waals surface area contributed by atoms with Crippen molar-refractivity contribution in [1.29, 1.82) is 0 Å². The molecule has 6 heteroatoms. The van der Waals surface area contributed by atoms with Gasteiger partial charge in [-0.15, -0.1) is 11.3 Å². The van der Waals surface area contributed by atoms with Gasteiger partial charge in [0, 0.05) is 23.6 Å². The van der Waals surface area contributed by atoms with Crippen LogP contribution in [-0.2, 0) is 6.42 Å². The zero-order valence-electron chi connectivity index (χ0n) is 18.0. The minimum absolute atomic E-state index is 0.123. The lowest BCUT2D eigenvalue weighted by molar-refractivity contribution is -0.384. The van der Waals surface area contributed by atoms with Gasteiger partial charge in [-0.1, -0.05) is 51.2 Å². The van der Waals surface area contributed by atoms with Crippen molar-refractivity contribution < 1.29 is 4.92 Å². The summed E-state index contributed by atoms with van der Waals surface area (Å²) in [6.45, 7) is 2.16. The molecule has 0 unspecified atom stereocenters. The van der Waals surface area contributed by atoms with E-state index in [2.05, 4.69) is 41.1 Å². The molecule has 162 valence electrons. The Morgan fingerprint density at radius 3 is 2.26 bits per heavy atom. The van der Waals surface area contributed by atoms with Gasteiger partial charge in [0.25, 0.3) is 5.69 Å². The molecule has 1 heterocycles. The summed E-state index contributed by atoms with van der Waals surface area (Å²) in [6, 6.07) is 15.8. The van der Waals surface area contributed by atoms with E-state index < -0.39 is 0 Å². The highest BCUT2D eigenvalue weighted by Gasteiger charge is 2.19. The molecule has 3 aromatic rings. The van der Waals surface area contributed by atoms with Gasteiger partial charge in [-0.3, -0.25) is 10.1 Å². The summed E-state index contributed by atoms with van der Waals surface area (Å²) < 4.78 is 2.39.